The molecule has 0 aliphatic heterocycles. The Morgan fingerprint density at radius 2 is 2.50 bits per heavy atom. The lowest BCUT2D eigenvalue weighted by Crippen LogP contribution is -1.63. The van der Waals surface area contributed by atoms with Gasteiger partial charge in [0.05, 0.1) is 13.4 Å². The summed E-state index contributed by atoms with van der Waals surface area (Å²) in [4.78, 5) is 9.27. The molecule has 6 heavy (non-hydrogen) atoms. The largest absolute Gasteiger partial charge is 0.504 e. The van der Waals surface area contributed by atoms with Crippen molar-refractivity contribution < 1.29 is 9.53 Å². The number of methoxy groups -OCH3 is 1. The van der Waals surface area contributed by atoms with E-state index in [9.17, 15) is 4.79 Å². The maximum Gasteiger partial charge on any atom is 0.228 e. The summed E-state index contributed by atoms with van der Waals surface area (Å²) < 4.78 is 4.34. The molecule has 0 saturated carbocycles. The molecule has 0 atom stereocenters. The Morgan fingerprint density at radius 1 is 1.83 bits per heavy atom. The summed E-state index contributed by atoms with van der Waals surface area (Å²) in [7, 11) is 1.47. The Hall–Kier alpha value is -0.790. The Balaban J connectivity index is 2.94. The molecular weight excluding hydrogens is 80.0 g/mol. The Morgan fingerprint density at radius 3 is 2.67 bits per heavy atom. The average molecular weight is 85.1 g/mol. The third-order valence-electron chi connectivity index (χ3n) is 0.272. The van der Waals surface area contributed by atoms with Gasteiger partial charge in [-0.2, -0.15) is 0 Å². The minimum Gasteiger partial charge on any atom is -0.504 e. The SMILES string of the molecule is CO/C=C/[C]=O. The number of rotatable bonds is 2. The molecule has 2 heteroatoms. The number of hydrogen-bond acceptors (Lipinski definition) is 2. The highest BCUT2D eigenvalue weighted by molar-refractivity contribution is 5.64. The smallest absolute Gasteiger partial charge is 0.228 e. The molecule has 0 unspecified atom stereocenters. The van der Waals surface area contributed by atoms with E-state index in [0.29, 0.717) is 0 Å². The van der Waals surface area contributed by atoms with Crippen molar-refractivity contribution in [1.82, 2.24) is 0 Å². The maximum absolute atomic E-state index is 9.27. The van der Waals surface area contributed by atoms with Gasteiger partial charge in [-0.3, -0.25) is 4.79 Å². The topological polar surface area (TPSA) is 26.3 Å². The summed E-state index contributed by atoms with van der Waals surface area (Å²) in [5.74, 6) is 0. The van der Waals surface area contributed by atoms with Crippen molar-refractivity contribution in [3.63, 3.8) is 0 Å². The predicted molar refractivity (Wildman–Crippen MR) is 21.8 cm³/mol. The minimum atomic E-state index is 1.15. The molecule has 0 aromatic heterocycles. The lowest BCUT2D eigenvalue weighted by atomic mass is 10.7. The van der Waals surface area contributed by atoms with Crippen molar-refractivity contribution in [2.75, 3.05) is 7.11 Å². The minimum absolute atomic E-state index is 1.15. The molecule has 0 bridgehead atoms. The van der Waals surface area contributed by atoms with E-state index in [1.54, 1.807) is 0 Å². The Labute approximate surface area is 36.4 Å². The fraction of sp³-hybridized carbons (Fsp3) is 0.250. The lowest BCUT2D eigenvalue weighted by Gasteiger charge is -1.76. The van der Waals surface area contributed by atoms with Crippen molar-refractivity contribution in [3.05, 3.63) is 12.3 Å². The van der Waals surface area contributed by atoms with E-state index >= 15 is 0 Å². The fourth-order valence-electron chi connectivity index (χ4n) is 0.0958. The summed E-state index contributed by atoms with van der Waals surface area (Å²) in [6.45, 7) is 0. The molecule has 0 heterocycles. The second-order valence-corrected chi connectivity index (χ2v) is 0.656. The molecule has 0 aromatic rings. The third kappa shape index (κ3) is 3.21. The van der Waals surface area contributed by atoms with Crippen molar-refractivity contribution in [2.24, 2.45) is 0 Å². The van der Waals surface area contributed by atoms with Crippen molar-refractivity contribution in [2.45, 2.75) is 0 Å². The maximum atomic E-state index is 9.27. The summed E-state index contributed by atoms with van der Waals surface area (Å²) in [6, 6.07) is 0. The van der Waals surface area contributed by atoms with E-state index in [1.165, 1.54) is 19.7 Å². The fourth-order valence-corrected chi connectivity index (χ4v) is 0.0958. The van der Waals surface area contributed by atoms with Crippen LogP contribution in [0, 0.1) is 0 Å². The zero-order valence-corrected chi connectivity index (χ0v) is 3.47. The molecule has 2 nitrogen and oxygen atoms in total. The van der Waals surface area contributed by atoms with E-state index in [4.69, 9.17) is 0 Å². The number of carbonyl (C=O) groups excluding carboxylic acids is 1. The molecule has 0 aliphatic carbocycles. The van der Waals surface area contributed by atoms with Crippen molar-refractivity contribution in [1.29, 1.82) is 0 Å². The molecule has 0 spiro atoms. The van der Waals surface area contributed by atoms with Gasteiger partial charge < -0.3 is 4.74 Å². The van der Waals surface area contributed by atoms with Crippen molar-refractivity contribution in [3.8, 4) is 0 Å². The molecule has 0 aliphatic rings. The van der Waals surface area contributed by atoms with Crippen LogP contribution in [0.3, 0.4) is 0 Å². The highest BCUT2D eigenvalue weighted by Crippen LogP contribution is 1.62. The van der Waals surface area contributed by atoms with Crippen LogP contribution in [0.5, 0.6) is 0 Å². The van der Waals surface area contributed by atoms with Crippen LogP contribution in [0.1, 0.15) is 0 Å². The van der Waals surface area contributed by atoms with E-state index in [1.807, 2.05) is 0 Å². The molecule has 0 saturated heterocycles. The van der Waals surface area contributed by atoms with Gasteiger partial charge in [0, 0.05) is 6.08 Å². The second kappa shape index (κ2) is 4.21. The summed E-state index contributed by atoms with van der Waals surface area (Å²) in [5, 5.41) is 0. The van der Waals surface area contributed by atoms with Crippen LogP contribution >= 0.6 is 0 Å². The lowest BCUT2D eigenvalue weighted by molar-refractivity contribution is 0.338. The number of ether oxygens (including phenoxy) is 1. The molecular formula is C4H5O2. The van der Waals surface area contributed by atoms with Crippen LogP contribution in [0.4, 0.5) is 0 Å². The van der Waals surface area contributed by atoms with Gasteiger partial charge in [-0.25, -0.2) is 0 Å². The Kier molecular flexibility index (Phi) is 3.66. The molecule has 1 radical (unpaired) electrons. The van der Waals surface area contributed by atoms with E-state index in [-0.39, 0.29) is 0 Å². The molecule has 0 N–H and O–H groups in total. The van der Waals surface area contributed by atoms with Crippen LogP contribution in [0.25, 0.3) is 0 Å². The summed E-state index contributed by atoms with van der Waals surface area (Å²) in [5.41, 5.74) is 0. The highest BCUT2D eigenvalue weighted by Gasteiger charge is 1.58. The Bertz CT molecular complexity index is 56.6. The zero-order valence-electron chi connectivity index (χ0n) is 3.47. The van der Waals surface area contributed by atoms with Crippen LogP contribution in [-0.2, 0) is 9.53 Å². The van der Waals surface area contributed by atoms with Crippen LogP contribution < -0.4 is 0 Å². The van der Waals surface area contributed by atoms with Gasteiger partial charge in [0.1, 0.15) is 0 Å². The first-order chi connectivity index (χ1) is 2.91. The quantitative estimate of drug-likeness (QED) is 0.355. The zero-order chi connectivity index (χ0) is 4.83. The van der Waals surface area contributed by atoms with Gasteiger partial charge in [0.15, 0.2) is 0 Å². The standard InChI is InChI=1S/C4H5O2/c1-6-4-2-3-5/h2,4H,1H3/b4-2+. The molecule has 0 aromatic carbocycles. The average Bonchev–Trinajstić information content (AvgIpc) is 1.61. The van der Waals surface area contributed by atoms with E-state index < -0.39 is 0 Å². The van der Waals surface area contributed by atoms with Gasteiger partial charge in [0.25, 0.3) is 0 Å². The van der Waals surface area contributed by atoms with Gasteiger partial charge >= 0.3 is 0 Å². The first-order valence-electron chi connectivity index (χ1n) is 1.47. The number of hydrogen-bond donors (Lipinski definition) is 0. The molecule has 0 rings (SSSR count). The third-order valence-corrected chi connectivity index (χ3v) is 0.272. The molecule has 0 amide bonds. The molecule has 33 valence electrons. The van der Waals surface area contributed by atoms with E-state index in [2.05, 4.69) is 4.74 Å². The summed E-state index contributed by atoms with van der Waals surface area (Å²) in [6.07, 6.45) is 3.92. The van der Waals surface area contributed by atoms with Gasteiger partial charge in [-0.05, 0) is 0 Å². The van der Waals surface area contributed by atoms with Gasteiger partial charge in [-0.1, -0.05) is 0 Å². The normalized spacial score (nSPS) is 8.83. The van der Waals surface area contributed by atoms with Crippen molar-refractivity contribution >= 4 is 6.29 Å². The van der Waals surface area contributed by atoms with Gasteiger partial charge in [0.2, 0.25) is 6.29 Å². The number of allylic oxidation sites excluding steroid dienone is 1. The summed E-state index contributed by atoms with van der Waals surface area (Å²) >= 11 is 0. The highest BCUT2D eigenvalue weighted by atomic mass is 16.5. The first-order valence-corrected chi connectivity index (χ1v) is 1.47. The van der Waals surface area contributed by atoms with E-state index in [0.717, 1.165) is 6.08 Å². The predicted octanol–water partition coefficient (Wildman–Crippen LogP) is 0.256. The van der Waals surface area contributed by atoms with Crippen LogP contribution in [-0.4, -0.2) is 13.4 Å². The molecule has 0 fully saturated rings. The van der Waals surface area contributed by atoms with Gasteiger partial charge in [-0.15, -0.1) is 0 Å². The second-order valence-electron chi connectivity index (χ2n) is 0.656. The first kappa shape index (κ1) is 5.21. The van der Waals surface area contributed by atoms with Crippen LogP contribution in [0.2, 0.25) is 0 Å². The monoisotopic (exact) mass is 85.0 g/mol. The van der Waals surface area contributed by atoms with Crippen LogP contribution in [0.15, 0.2) is 12.3 Å².